The molecule has 0 saturated heterocycles. The number of carbonyl (C=O) groups is 2. The van der Waals surface area contributed by atoms with Gasteiger partial charge in [-0.15, -0.1) is 0 Å². The van der Waals surface area contributed by atoms with Crippen molar-refractivity contribution in [3.8, 4) is 11.8 Å². The second kappa shape index (κ2) is 10.7. The van der Waals surface area contributed by atoms with Crippen LogP contribution in [0.4, 0.5) is 0 Å². The van der Waals surface area contributed by atoms with Crippen molar-refractivity contribution in [2.75, 3.05) is 12.9 Å². The normalized spacial score (nSPS) is 16.1. The van der Waals surface area contributed by atoms with Crippen LogP contribution < -0.4 is 10.6 Å². The molecule has 1 heterocycles. The van der Waals surface area contributed by atoms with Crippen LogP contribution in [0.1, 0.15) is 50.0 Å². The number of hydrogen-bond donors (Lipinski definition) is 1. The van der Waals surface area contributed by atoms with E-state index in [1.165, 1.54) is 19.1 Å². The molecule has 1 atom stereocenters. The first-order valence-corrected chi connectivity index (χ1v) is 12.3. The average Bonchev–Trinajstić information content (AvgIpc) is 2.73. The topological polar surface area (TPSA) is 205 Å². The van der Waals surface area contributed by atoms with Crippen LogP contribution in [-0.4, -0.2) is 60.0 Å². The van der Waals surface area contributed by atoms with E-state index in [1.54, 1.807) is 20.8 Å². The zero-order chi connectivity index (χ0) is 27.4. The van der Waals surface area contributed by atoms with Gasteiger partial charge in [0.05, 0.1) is 29.1 Å². The fourth-order valence-corrected chi connectivity index (χ4v) is 3.79. The van der Waals surface area contributed by atoms with E-state index in [-0.39, 0.29) is 23.5 Å². The zero-order valence-electron chi connectivity index (χ0n) is 20.2. The molecule has 0 aliphatic carbocycles. The molecule has 14 nitrogen and oxygen atoms in total. The highest BCUT2D eigenvalue weighted by Crippen LogP contribution is 2.29. The molecule has 1 aliphatic rings. The summed E-state index contributed by atoms with van der Waals surface area (Å²) in [6.07, 6.45) is 0.0630. The van der Waals surface area contributed by atoms with Crippen LogP contribution in [0.2, 0.25) is 0 Å². The van der Waals surface area contributed by atoms with Crippen LogP contribution >= 0.6 is 0 Å². The van der Waals surface area contributed by atoms with Gasteiger partial charge in [-0.2, -0.15) is 5.26 Å². The highest BCUT2D eigenvalue weighted by molar-refractivity contribution is 7.91. The molecule has 1 aromatic carbocycles. The number of esters is 2. The number of hydrazine groups is 1. The Labute approximate surface area is 207 Å². The van der Waals surface area contributed by atoms with Gasteiger partial charge in [0, 0.05) is 6.26 Å². The van der Waals surface area contributed by atoms with Gasteiger partial charge in [-0.25, -0.2) is 29.1 Å². The number of hydrogen-bond acceptors (Lipinski definition) is 13. The predicted molar refractivity (Wildman–Crippen MR) is 124 cm³/mol. The van der Waals surface area contributed by atoms with Crippen LogP contribution in [0.3, 0.4) is 0 Å². The third kappa shape index (κ3) is 6.77. The van der Waals surface area contributed by atoms with Crippen molar-refractivity contribution in [1.82, 2.24) is 5.01 Å². The molecule has 0 fully saturated rings. The lowest BCUT2D eigenvalue weighted by Crippen LogP contribution is -2.50. The van der Waals surface area contributed by atoms with E-state index in [2.05, 4.69) is 4.99 Å². The molecule has 1 aromatic rings. The molecule has 0 spiro atoms. The Morgan fingerprint density at radius 2 is 1.97 bits per heavy atom. The number of rotatable bonds is 8. The summed E-state index contributed by atoms with van der Waals surface area (Å²) in [4.78, 5) is 39.4. The van der Waals surface area contributed by atoms with Gasteiger partial charge in [0.25, 0.3) is 5.88 Å². The Morgan fingerprint density at radius 1 is 1.33 bits per heavy atom. The minimum Gasteiger partial charge on any atom is -0.466 e. The lowest BCUT2D eigenvalue weighted by atomic mass is 10.1. The Bertz CT molecular complexity index is 1290. The van der Waals surface area contributed by atoms with Crippen molar-refractivity contribution < 1.29 is 37.1 Å². The van der Waals surface area contributed by atoms with Gasteiger partial charge >= 0.3 is 17.6 Å². The minimum absolute atomic E-state index is 0.0236. The molecule has 0 saturated carbocycles. The van der Waals surface area contributed by atoms with Gasteiger partial charge in [-0.1, -0.05) is 0 Å². The van der Waals surface area contributed by atoms with E-state index in [1.807, 2.05) is 6.07 Å². The molecule has 0 amide bonds. The largest absolute Gasteiger partial charge is 0.466 e. The Morgan fingerprint density at radius 3 is 2.47 bits per heavy atom. The molecule has 194 valence electrons. The van der Waals surface area contributed by atoms with Gasteiger partial charge in [0.1, 0.15) is 23.1 Å². The number of benzene rings is 1. The van der Waals surface area contributed by atoms with Crippen LogP contribution in [-0.2, 0) is 24.1 Å². The third-order valence-corrected chi connectivity index (χ3v) is 5.44. The number of sulfone groups is 1. The van der Waals surface area contributed by atoms with Crippen LogP contribution in [0, 0.1) is 21.4 Å². The average molecular weight is 524 g/mol. The summed E-state index contributed by atoms with van der Waals surface area (Å²) in [6, 6.07) is 5.36. The predicted octanol–water partition coefficient (Wildman–Crippen LogP) is 1.25. The fraction of sp³-hybridized carbons (Fsp3) is 0.429. The number of nitro groups is 1. The number of nitrogens with zero attached hydrogens (tertiary/aromatic N) is 4. The first-order valence-electron chi connectivity index (χ1n) is 10.4. The van der Waals surface area contributed by atoms with E-state index in [0.29, 0.717) is 5.01 Å². The third-order valence-electron chi connectivity index (χ3n) is 4.34. The van der Waals surface area contributed by atoms with Crippen LogP contribution in [0.25, 0.3) is 0 Å². The number of aliphatic imine (C=N–C) groups is 1. The molecule has 36 heavy (non-hydrogen) atoms. The summed E-state index contributed by atoms with van der Waals surface area (Å²) in [7, 11) is -4.08. The van der Waals surface area contributed by atoms with Crippen molar-refractivity contribution in [3.05, 3.63) is 51.0 Å². The van der Waals surface area contributed by atoms with Crippen molar-refractivity contribution in [2.24, 2.45) is 10.8 Å². The van der Waals surface area contributed by atoms with Crippen molar-refractivity contribution in [2.45, 2.75) is 45.2 Å². The van der Waals surface area contributed by atoms with Gasteiger partial charge in [-0.3, -0.25) is 14.9 Å². The summed E-state index contributed by atoms with van der Waals surface area (Å²) in [6.45, 7) is 6.36. The van der Waals surface area contributed by atoms with Gasteiger partial charge < -0.3 is 14.2 Å². The number of nitrogens with two attached hydrogens (primary N) is 1. The standard InChI is InChI=1S/C21H25N5O9S/c1-6-33-16(27)10-15-17(26(29)30)18(25(23)20(24-15)36(5,31)32)34-13-8-7-12(11-22)14(9-13)19(28)35-21(2,3)4/h7-9,20H,6,10,23H2,1-5H3. The molecular formula is C21H25N5O9S. The van der Waals surface area contributed by atoms with E-state index in [0.717, 1.165) is 12.3 Å². The molecule has 1 unspecified atom stereocenters. The van der Waals surface area contributed by atoms with Crippen LogP contribution in [0.15, 0.2) is 34.8 Å². The maximum absolute atomic E-state index is 12.6. The van der Waals surface area contributed by atoms with Gasteiger partial charge in [0.15, 0.2) is 9.84 Å². The van der Waals surface area contributed by atoms with E-state index in [9.17, 15) is 33.4 Å². The Balaban J connectivity index is 2.65. The molecule has 0 bridgehead atoms. The first kappa shape index (κ1) is 28.2. The second-order valence-corrected chi connectivity index (χ2v) is 10.5. The van der Waals surface area contributed by atoms with E-state index in [4.69, 9.17) is 20.1 Å². The van der Waals surface area contributed by atoms with Gasteiger partial charge in [-0.05, 0) is 45.9 Å². The van der Waals surface area contributed by atoms with Crippen molar-refractivity contribution >= 4 is 27.5 Å². The van der Waals surface area contributed by atoms with Crippen molar-refractivity contribution in [1.29, 1.82) is 5.26 Å². The molecule has 0 aromatic heterocycles. The lowest BCUT2D eigenvalue weighted by molar-refractivity contribution is -0.419. The zero-order valence-corrected chi connectivity index (χ0v) is 21.0. The summed E-state index contributed by atoms with van der Waals surface area (Å²) in [5, 5.41) is 21.7. The monoisotopic (exact) mass is 523 g/mol. The molecule has 2 N–H and O–H groups in total. The maximum atomic E-state index is 12.6. The number of carbonyl (C=O) groups excluding carboxylic acids is 2. The fourth-order valence-electron chi connectivity index (χ4n) is 2.97. The molecule has 0 radical (unpaired) electrons. The SMILES string of the molecule is CCOC(=O)CC1=NC(S(C)(=O)=O)N(N)C(Oc2ccc(C#N)c(C(=O)OC(C)(C)C)c2)=C1[N+](=O)[O-]. The minimum atomic E-state index is -4.08. The molecule has 2 rings (SSSR count). The molecule has 15 heteroatoms. The summed E-state index contributed by atoms with van der Waals surface area (Å²) < 4.78 is 40.3. The van der Waals surface area contributed by atoms with Crippen molar-refractivity contribution in [3.63, 3.8) is 0 Å². The summed E-state index contributed by atoms with van der Waals surface area (Å²) in [5.41, 5.74) is -4.43. The number of allylic oxidation sites excluding steroid dienone is 1. The lowest BCUT2D eigenvalue weighted by Gasteiger charge is -2.30. The van der Waals surface area contributed by atoms with Gasteiger partial charge in [0.2, 0.25) is 5.50 Å². The highest BCUT2D eigenvalue weighted by atomic mass is 32.2. The van der Waals surface area contributed by atoms with Crippen LogP contribution in [0.5, 0.6) is 5.75 Å². The molecular weight excluding hydrogens is 498 g/mol. The number of nitriles is 1. The summed E-state index contributed by atoms with van der Waals surface area (Å²) in [5.74, 6) is 3.16. The summed E-state index contributed by atoms with van der Waals surface area (Å²) >= 11 is 0. The Kier molecular flexibility index (Phi) is 8.39. The highest BCUT2D eigenvalue weighted by Gasteiger charge is 2.43. The number of ether oxygens (including phenoxy) is 3. The van der Waals surface area contributed by atoms with E-state index < -0.39 is 61.5 Å². The maximum Gasteiger partial charge on any atom is 0.352 e. The smallest absolute Gasteiger partial charge is 0.352 e. The second-order valence-electron chi connectivity index (χ2n) is 8.45. The quantitative estimate of drug-likeness (QED) is 0.221. The molecule has 1 aliphatic heterocycles. The first-order chi connectivity index (χ1) is 16.6. The van der Waals surface area contributed by atoms with E-state index >= 15 is 0 Å². The Hall–Kier alpha value is -4.03.